The molecule has 1 aromatic heterocycles. The van der Waals surface area contributed by atoms with Gasteiger partial charge in [0.15, 0.2) is 6.61 Å². The summed E-state index contributed by atoms with van der Waals surface area (Å²) >= 11 is 0. The normalized spacial score (nSPS) is 10.2. The highest BCUT2D eigenvalue weighted by Crippen LogP contribution is 2.16. The summed E-state index contributed by atoms with van der Waals surface area (Å²) in [5.41, 5.74) is 4.25. The van der Waals surface area contributed by atoms with Crippen LogP contribution in [0, 0.1) is 20.8 Å². The highest BCUT2D eigenvalue weighted by atomic mass is 16.5. The van der Waals surface area contributed by atoms with Crippen LogP contribution >= 0.6 is 0 Å². The molecule has 0 atom stereocenters. The highest BCUT2D eigenvalue weighted by Gasteiger charge is 2.08. The fraction of sp³-hybridized carbons (Fsp3) is 0.333. The van der Waals surface area contributed by atoms with Crippen LogP contribution in [0.2, 0.25) is 0 Å². The molecule has 0 saturated heterocycles. The number of amides is 2. The van der Waals surface area contributed by atoms with E-state index in [2.05, 4.69) is 27.2 Å². The molecule has 7 heteroatoms. The second-order valence-electron chi connectivity index (χ2n) is 6.61. The Hall–Kier alpha value is -3.22. The van der Waals surface area contributed by atoms with Gasteiger partial charge in [-0.2, -0.15) is 0 Å². The molecule has 7 nitrogen and oxygen atoms in total. The molecule has 0 fully saturated rings. The molecule has 0 aliphatic heterocycles. The molecule has 0 spiro atoms. The van der Waals surface area contributed by atoms with Crippen molar-refractivity contribution < 1.29 is 14.3 Å². The number of ether oxygens (including phenoxy) is 1. The van der Waals surface area contributed by atoms with E-state index in [0.29, 0.717) is 30.1 Å². The third-order valence-corrected chi connectivity index (χ3v) is 4.12. The Bertz CT molecular complexity index is 847. The maximum atomic E-state index is 11.9. The lowest BCUT2D eigenvalue weighted by Gasteiger charge is -2.11. The lowest BCUT2D eigenvalue weighted by atomic mass is 10.1. The molecule has 0 unspecified atom stereocenters. The standard InChI is InChI=1S/C21H26N4O3/c1-14-5-7-19(9-15(14)2)28-13-21(27)25-16(3)6-8-20(26)24-12-18-11-22-17(4)10-23-18/h5,7,9-11H,3,6,8,12-13H2,1-2,4H3,(H,24,26)(H,25,27). The Morgan fingerprint density at radius 1 is 1.04 bits per heavy atom. The van der Waals surface area contributed by atoms with Gasteiger partial charge in [0.2, 0.25) is 5.91 Å². The fourth-order valence-electron chi connectivity index (χ4n) is 2.30. The molecule has 2 amide bonds. The van der Waals surface area contributed by atoms with Gasteiger partial charge in [0, 0.05) is 18.3 Å². The van der Waals surface area contributed by atoms with Crippen LogP contribution in [0.4, 0.5) is 0 Å². The molecule has 0 radical (unpaired) electrons. The van der Waals surface area contributed by atoms with Crippen LogP contribution in [-0.2, 0) is 16.1 Å². The van der Waals surface area contributed by atoms with Crippen LogP contribution in [0.1, 0.15) is 35.4 Å². The molecule has 148 valence electrons. The SMILES string of the molecule is C=C(CCC(=O)NCc1cnc(C)cn1)NC(=O)COc1ccc(C)c(C)c1. The van der Waals surface area contributed by atoms with Gasteiger partial charge < -0.3 is 15.4 Å². The molecule has 0 bridgehead atoms. The largest absolute Gasteiger partial charge is 0.484 e. The summed E-state index contributed by atoms with van der Waals surface area (Å²) in [5.74, 6) is 0.185. The summed E-state index contributed by atoms with van der Waals surface area (Å²) < 4.78 is 5.48. The Morgan fingerprint density at radius 3 is 2.50 bits per heavy atom. The van der Waals surface area contributed by atoms with E-state index in [1.165, 1.54) is 0 Å². The maximum absolute atomic E-state index is 11.9. The van der Waals surface area contributed by atoms with Gasteiger partial charge in [-0.15, -0.1) is 0 Å². The number of benzene rings is 1. The minimum absolute atomic E-state index is 0.111. The van der Waals surface area contributed by atoms with E-state index in [4.69, 9.17) is 4.74 Å². The number of rotatable bonds is 9. The second kappa shape index (κ2) is 10.2. The quantitative estimate of drug-likeness (QED) is 0.695. The number of nitrogens with zero attached hydrogens (tertiary/aromatic N) is 2. The van der Waals surface area contributed by atoms with Crippen LogP contribution < -0.4 is 15.4 Å². The number of hydrogen-bond donors (Lipinski definition) is 2. The van der Waals surface area contributed by atoms with Crippen molar-refractivity contribution in [1.29, 1.82) is 0 Å². The van der Waals surface area contributed by atoms with E-state index in [1.54, 1.807) is 12.4 Å². The zero-order valence-electron chi connectivity index (χ0n) is 16.5. The molecule has 2 rings (SSSR count). The van der Waals surface area contributed by atoms with Crippen LogP contribution in [0.25, 0.3) is 0 Å². The van der Waals surface area contributed by atoms with Crippen molar-refractivity contribution in [3.63, 3.8) is 0 Å². The molecular weight excluding hydrogens is 356 g/mol. The van der Waals surface area contributed by atoms with E-state index in [-0.39, 0.29) is 24.8 Å². The molecule has 28 heavy (non-hydrogen) atoms. The van der Waals surface area contributed by atoms with Gasteiger partial charge in [0.05, 0.1) is 24.1 Å². The predicted molar refractivity (Wildman–Crippen MR) is 107 cm³/mol. The third kappa shape index (κ3) is 7.19. The smallest absolute Gasteiger partial charge is 0.262 e. The van der Waals surface area contributed by atoms with Crippen molar-refractivity contribution >= 4 is 11.8 Å². The number of carbonyl (C=O) groups is 2. The fourth-order valence-corrected chi connectivity index (χ4v) is 2.30. The monoisotopic (exact) mass is 382 g/mol. The second-order valence-corrected chi connectivity index (χ2v) is 6.61. The van der Waals surface area contributed by atoms with Gasteiger partial charge in [0.1, 0.15) is 5.75 Å². The van der Waals surface area contributed by atoms with Gasteiger partial charge >= 0.3 is 0 Å². The van der Waals surface area contributed by atoms with Crippen molar-refractivity contribution in [2.24, 2.45) is 0 Å². The lowest BCUT2D eigenvalue weighted by molar-refractivity contribution is -0.123. The van der Waals surface area contributed by atoms with Crippen LogP contribution in [0.5, 0.6) is 5.75 Å². The van der Waals surface area contributed by atoms with Crippen LogP contribution in [0.3, 0.4) is 0 Å². The molecule has 0 saturated carbocycles. The number of carbonyl (C=O) groups excluding carboxylic acids is 2. The Morgan fingerprint density at radius 2 is 1.82 bits per heavy atom. The first-order valence-corrected chi connectivity index (χ1v) is 9.05. The molecule has 1 heterocycles. The first-order chi connectivity index (χ1) is 13.3. The van der Waals surface area contributed by atoms with Crippen LogP contribution in [0.15, 0.2) is 42.9 Å². The molecular formula is C21H26N4O3. The number of nitrogens with one attached hydrogen (secondary N) is 2. The zero-order valence-corrected chi connectivity index (χ0v) is 16.5. The van der Waals surface area contributed by atoms with Crippen LogP contribution in [-0.4, -0.2) is 28.4 Å². The Balaban J connectivity index is 1.65. The Kier molecular flexibility index (Phi) is 7.68. The molecule has 0 aliphatic carbocycles. The van der Waals surface area contributed by atoms with E-state index in [1.807, 2.05) is 39.0 Å². The van der Waals surface area contributed by atoms with Crippen molar-refractivity contribution in [1.82, 2.24) is 20.6 Å². The number of allylic oxidation sites excluding steroid dienone is 1. The first-order valence-electron chi connectivity index (χ1n) is 9.05. The first kappa shape index (κ1) is 21.1. The maximum Gasteiger partial charge on any atom is 0.262 e. The summed E-state index contributed by atoms with van der Waals surface area (Å²) in [7, 11) is 0. The topological polar surface area (TPSA) is 93.2 Å². The van der Waals surface area contributed by atoms with E-state index < -0.39 is 0 Å². The molecule has 2 N–H and O–H groups in total. The zero-order chi connectivity index (χ0) is 20.5. The highest BCUT2D eigenvalue weighted by molar-refractivity contribution is 5.80. The van der Waals surface area contributed by atoms with Gasteiger partial charge in [-0.3, -0.25) is 19.6 Å². The predicted octanol–water partition coefficient (Wildman–Crippen LogP) is 2.51. The van der Waals surface area contributed by atoms with Gasteiger partial charge in [-0.1, -0.05) is 12.6 Å². The average molecular weight is 382 g/mol. The summed E-state index contributed by atoms with van der Waals surface area (Å²) in [6, 6.07) is 5.66. The Labute approximate surface area is 165 Å². The van der Waals surface area contributed by atoms with Gasteiger partial charge in [0.25, 0.3) is 5.91 Å². The third-order valence-electron chi connectivity index (χ3n) is 4.12. The van der Waals surface area contributed by atoms with Crippen molar-refractivity contribution in [2.75, 3.05) is 6.61 Å². The van der Waals surface area contributed by atoms with E-state index >= 15 is 0 Å². The molecule has 2 aromatic rings. The molecule has 0 aliphatic rings. The van der Waals surface area contributed by atoms with Crippen molar-refractivity contribution in [2.45, 2.75) is 40.2 Å². The summed E-state index contributed by atoms with van der Waals surface area (Å²) in [6.07, 6.45) is 3.85. The number of aryl methyl sites for hydroxylation is 3. The summed E-state index contributed by atoms with van der Waals surface area (Å²) in [4.78, 5) is 32.2. The lowest BCUT2D eigenvalue weighted by Crippen LogP contribution is -2.29. The number of hydrogen-bond acceptors (Lipinski definition) is 5. The van der Waals surface area contributed by atoms with E-state index in [0.717, 1.165) is 16.8 Å². The number of aromatic nitrogens is 2. The van der Waals surface area contributed by atoms with Gasteiger partial charge in [-0.05, 0) is 50.5 Å². The van der Waals surface area contributed by atoms with E-state index in [9.17, 15) is 9.59 Å². The minimum Gasteiger partial charge on any atom is -0.484 e. The average Bonchev–Trinajstić information content (AvgIpc) is 2.67. The molecule has 1 aromatic carbocycles. The summed E-state index contributed by atoms with van der Waals surface area (Å²) in [5, 5.41) is 5.41. The van der Waals surface area contributed by atoms with Gasteiger partial charge in [-0.25, -0.2) is 0 Å². The minimum atomic E-state index is -0.307. The van der Waals surface area contributed by atoms with Crippen molar-refractivity contribution in [3.05, 3.63) is 65.4 Å². The summed E-state index contributed by atoms with van der Waals surface area (Å²) in [6.45, 7) is 9.84. The van der Waals surface area contributed by atoms with Crippen molar-refractivity contribution in [3.8, 4) is 5.75 Å².